The van der Waals surface area contributed by atoms with Crippen molar-refractivity contribution in [3.8, 4) is 0 Å². The van der Waals surface area contributed by atoms with E-state index in [2.05, 4.69) is 73.5 Å². The van der Waals surface area contributed by atoms with Crippen LogP contribution in [0.4, 0.5) is 0 Å². The SMILES string of the molecule is CCCCc1ccc(C=NN=C(c2ccccc2)C2CCC(CC)CC2)cc1. The lowest BCUT2D eigenvalue weighted by Crippen LogP contribution is -2.22. The van der Waals surface area contributed by atoms with Gasteiger partial charge in [0.15, 0.2) is 0 Å². The molecular formula is C26H34N2. The molecule has 2 nitrogen and oxygen atoms in total. The van der Waals surface area contributed by atoms with Crippen LogP contribution in [-0.2, 0) is 6.42 Å². The summed E-state index contributed by atoms with van der Waals surface area (Å²) in [6, 6.07) is 19.3. The van der Waals surface area contributed by atoms with Gasteiger partial charge in [-0.05, 0) is 61.1 Å². The van der Waals surface area contributed by atoms with E-state index in [4.69, 9.17) is 5.10 Å². The molecule has 0 aliphatic heterocycles. The van der Waals surface area contributed by atoms with Gasteiger partial charge in [0.2, 0.25) is 0 Å². The lowest BCUT2D eigenvalue weighted by atomic mass is 9.77. The molecule has 0 saturated heterocycles. The Morgan fingerprint density at radius 2 is 1.64 bits per heavy atom. The van der Waals surface area contributed by atoms with Crippen LogP contribution < -0.4 is 0 Å². The Morgan fingerprint density at radius 3 is 2.29 bits per heavy atom. The van der Waals surface area contributed by atoms with E-state index in [-0.39, 0.29) is 0 Å². The van der Waals surface area contributed by atoms with Crippen molar-refractivity contribution in [2.75, 3.05) is 0 Å². The lowest BCUT2D eigenvalue weighted by Gasteiger charge is -2.28. The largest absolute Gasteiger partial charge is 0.158 e. The average molecular weight is 375 g/mol. The summed E-state index contributed by atoms with van der Waals surface area (Å²) < 4.78 is 0. The minimum atomic E-state index is 0.527. The van der Waals surface area contributed by atoms with E-state index >= 15 is 0 Å². The highest BCUT2D eigenvalue weighted by Crippen LogP contribution is 2.33. The molecule has 0 amide bonds. The first-order valence-corrected chi connectivity index (χ1v) is 11.1. The van der Waals surface area contributed by atoms with E-state index in [0.717, 1.165) is 23.6 Å². The number of benzene rings is 2. The third-order valence-electron chi connectivity index (χ3n) is 6.05. The molecule has 0 aromatic heterocycles. The Kier molecular flexibility index (Phi) is 8.02. The first-order valence-electron chi connectivity index (χ1n) is 11.1. The smallest absolute Gasteiger partial charge is 0.0733 e. The number of unbranched alkanes of at least 4 members (excludes halogenated alkanes) is 1. The van der Waals surface area contributed by atoms with Gasteiger partial charge in [-0.2, -0.15) is 10.2 Å². The predicted molar refractivity (Wildman–Crippen MR) is 121 cm³/mol. The van der Waals surface area contributed by atoms with Crippen LogP contribution in [0.1, 0.15) is 75.5 Å². The zero-order chi connectivity index (χ0) is 19.6. The van der Waals surface area contributed by atoms with Crippen molar-refractivity contribution >= 4 is 11.9 Å². The summed E-state index contributed by atoms with van der Waals surface area (Å²) in [5, 5.41) is 9.21. The van der Waals surface area contributed by atoms with Gasteiger partial charge in [0.1, 0.15) is 0 Å². The summed E-state index contributed by atoms with van der Waals surface area (Å²) in [5.74, 6) is 1.42. The molecule has 1 saturated carbocycles. The third-order valence-corrected chi connectivity index (χ3v) is 6.05. The fourth-order valence-corrected chi connectivity index (χ4v) is 4.14. The fourth-order valence-electron chi connectivity index (χ4n) is 4.14. The Labute approximate surface area is 170 Å². The predicted octanol–water partition coefficient (Wildman–Crippen LogP) is 7.07. The Hall–Kier alpha value is -2.22. The molecule has 0 heterocycles. The molecule has 3 rings (SSSR count). The number of aryl methyl sites for hydroxylation is 1. The first kappa shape index (κ1) is 20.5. The van der Waals surface area contributed by atoms with E-state index in [1.54, 1.807) is 0 Å². The second kappa shape index (κ2) is 10.9. The summed E-state index contributed by atoms with van der Waals surface area (Å²) in [5.41, 5.74) is 4.90. The molecule has 1 aliphatic rings. The molecule has 1 fully saturated rings. The molecule has 2 aromatic rings. The third kappa shape index (κ3) is 5.89. The molecule has 148 valence electrons. The summed E-state index contributed by atoms with van der Waals surface area (Å²) >= 11 is 0. The van der Waals surface area contributed by atoms with Crippen LogP contribution in [0.3, 0.4) is 0 Å². The van der Waals surface area contributed by atoms with Gasteiger partial charge in [-0.25, -0.2) is 0 Å². The van der Waals surface area contributed by atoms with Crippen molar-refractivity contribution in [3.63, 3.8) is 0 Å². The average Bonchev–Trinajstić information content (AvgIpc) is 2.77. The van der Waals surface area contributed by atoms with Gasteiger partial charge in [0.25, 0.3) is 0 Å². The quantitative estimate of drug-likeness (QED) is 0.349. The molecule has 0 bridgehead atoms. The van der Waals surface area contributed by atoms with Crippen LogP contribution in [-0.4, -0.2) is 11.9 Å². The number of rotatable bonds is 8. The van der Waals surface area contributed by atoms with E-state index < -0.39 is 0 Å². The molecule has 0 unspecified atom stereocenters. The van der Waals surface area contributed by atoms with Crippen LogP contribution >= 0.6 is 0 Å². The zero-order valence-electron chi connectivity index (χ0n) is 17.5. The van der Waals surface area contributed by atoms with Gasteiger partial charge in [-0.3, -0.25) is 0 Å². The molecule has 2 heteroatoms. The molecule has 28 heavy (non-hydrogen) atoms. The zero-order valence-corrected chi connectivity index (χ0v) is 17.5. The van der Waals surface area contributed by atoms with Crippen molar-refractivity contribution in [2.45, 2.75) is 65.2 Å². The van der Waals surface area contributed by atoms with Crippen molar-refractivity contribution in [1.29, 1.82) is 0 Å². The van der Waals surface area contributed by atoms with Crippen LogP contribution in [0.5, 0.6) is 0 Å². The normalized spacial score (nSPS) is 20.6. The number of hydrogen-bond donors (Lipinski definition) is 0. The molecule has 0 N–H and O–H groups in total. The number of nitrogens with zero attached hydrogens (tertiary/aromatic N) is 2. The highest BCUT2D eigenvalue weighted by atomic mass is 15.2. The van der Waals surface area contributed by atoms with Gasteiger partial charge in [-0.1, -0.05) is 81.3 Å². The second-order valence-corrected chi connectivity index (χ2v) is 8.07. The Bertz CT molecular complexity index is 751. The standard InChI is InChI=1S/C26H34N2/c1-3-5-9-22-12-14-23(15-13-22)20-27-28-26(24-10-7-6-8-11-24)25-18-16-21(4-2)17-19-25/h6-8,10-15,20-21,25H,3-5,9,16-19H2,1-2H3. The molecule has 0 atom stereocenters. The van der Waals surface area contributed by atoms with Gasteiger partial charge in [0.05, 0.1) is 11.9 Å². The van der Waals surface area contributed by atoms with Gasteiger partial charge < -0.3 is 0 Å². The van der Waals surface area contributed by atoms with Gasteiger partial charge in [0, 0.05) is 5.92 Å². The van der Waals surface area contributed by atoms with Crippen LogP contribution in [0.15, 0.2) is 64.8 Å². The molecule has 1 aliphatic carbocycles. The van der Waals surface area contributed by atoms with Gasteiger partial charge >= 0.3 is 0 Å². The first-order chi connectivity index (χ1) is 13.8. The Morgan fingerprint density at radius 1 is 0.929 bits per heavy atom. The summed E-state index contributed by atoms with van der Waals surface area (Å²) in [6.45, 7) is 4.55. The van der Waals surface area contributed by atoms with Gasteiger partial charge in [-0.15, -0.1) is 0 Å². The van der Waals surface area contributed by atoms with E-state index in [1.807, 2.05) is 6.21 Å². The highest BCUT2D eigenvalue weighted by molar-refractivity contribution is 6.02. The van der Waals surface area contributed by atoms with Crippen molar-refractivity contribution < 1.29 is 0 Å². The van der Waals surface area contributed by atoms with Crippen molar-refractivity contribution in [2.24, 2.45) is 22.0 Å². The van der Waals surface area contributed by atoms with Crippen molar-refractivity contribution in [3.05, 3.63) is 71.3 Å². The maximum atomic E-state index is 4.72. The maximum absolute atomic E-state index is 4.72. The Balaban J connectivity index is 1.73. The highest BCUT2D eigenvalue weighted by Gasteiger charge is 2.25. The van der Waals surface area contributed by atoms with Crippen LogP contribution in [0.25, 0.3) is 0 Å². The molecule has 0 spiro atoms. The number of hydrogen-bond acceptors (Lipinski definition) is 2. The minimum Gasteiger partial charge on any atom is -0.158 e. The monoisotopic (exact) mass is 374 g/mol. The van der Waals surface area contributed by atoms with Crippen LogP contribution in [0, 0.1) is 11.8 Å². The minimum absolute atomic E-state index is 0.527. The summed E-state index contributed by atoms with van der Waals surface area (Å²) in [7, 11) is 0. The van der Waals surface area contributed by atoms with E-state index in [9.17, 15) is 0 Å². The maximum Gasteiger partial charge on any atom is 0.0733 e. The summed E-state index contributed by atoms with van der Waals surface area (Å²) in [4.78, 5) is 0. The molecule has 2 aromatic carbocycles. The molecule has 0 radical (unpaired) electrons. The van der Waals surface area contributed by atoms with E-state index in [1.165, 1.54) is 56.1 Å². The van der Waals surface area contributed by atoms with Crippen LogP contribution in [0.2, 0.25) is 0 Å². The fraction of sp³-hybridized carbons (Fsp3) is 0.462. The lowest BCUT2D eigenvalue weighted by molar-refractivity contribution is 0.315. The molecular weight excluding hydrogens is 340 g/mol. The summed E-state index contributed by atoms with van der Waals surface area (Å²) in [6.07, 6.45) is 11.9. The van der Waals surface area contributed by atoms with Crippen molar-refractivity contribution in [1.82, 2.24) is 0 Å². The van der Waals surface area contributed by atoms with E-state index in [0.29, 0.717) is 5.92 Å². The second-order valence-electron chi connectivity index (χ2n) is 8.07. The topological polar surface area (TPSA) is 24.7 Å².